The zero-order valence-corrected chi connectivity index (χ0v) is 10.6. The Hall–Kier alpha value is -1.95. The third-order valence-electron chi connectivity index (χ3n) is 2.30. The summed E-state index contributed by atoms with van der Waals surface area (Å²) in [6, 6.07) is 1.20. The van der Waals surface area contributed by atoms with Crippen molar-refractivity contribution in [3.05, 3.63) is 45.7 Å². The van der Waals surface area contributed by atoms with E-state index >= 15 is 0 Å². The minimum absolute atomic E-state index is 0.0404. The quantitative estimate of drug-likeness (QED) is 0.356. The Morgan fingerprint density at radius 2 is 2.39 bits per heavy atom. The van der Waals surface area contributed by atoms with Gasteiger partial charge in [0.15, 0.2) is 0 Å². The molecule has 0 radical (unpaired) electrons. The average molecular weight is 270 g/mol. The zero-order chi connectivity index (χ0) is 13.7. The molecule has 1 aromatic rings. The van der Waals surface area contributed by atoms with E-state index in [4.69, 9.17) is 11.6 Å². The highest BCUT2D eigenvalue weighted by Crippen LogP contribution is 2.21. The van der Waals surface area contributed by atoms with Gasteiger partial charge in [-0.3, -0.25) is 14.9 Å². The van der Waals surface area contributed by atoms with E-state index in [1.165, 1.54) is 11.0 Å². The van der Waals surface area contributed by atoms with Crippen molar-refractivity contribution in [2.45, 2.75) is 6.92 Å². The smallest absolute Gasteiger partial charge is 0.300 e. The van der Waals surface area contributed by atoms with Crippen LogP contribution in [0.1, 0.15) is 17.3 Å². The number of amides is 1. The molecule has 0 aromatic carbocycles. The maximum absolute atomic E-state index is 12.1. The molecular formula is C11H12ClN3O3. The van der Waals surface area contributed by atoms with Crippen LogP contribution in [0.3, 0.4) is 0 Å². The summed E-state index contributed by atoms with van der Waals surface area (Å²) in [7, 11) is 0. The number of aromatic nitrogens is 1. The molecule has 96 valence electrons. The summed E-state index contributed by atoms with van der Waals surface area (Å²) in [5.74, 6) is -0.464. The minimum Gasteiger partial charge on any atom is -0.335 e. The van der Waals surface area contributed by atoms with Crippen LogP contribution in [0.4, 0.5) is 5.69 Å². The van der Waals surface area contributed by atoms with Crippen LogP contribution in [0.5, 0.6) is 0 Å². The summed E-state index contributed by atoms with van der Waals surface area (Å²) >= 11 is 5.67. The van der Waals surface area contributed by atoms with Crippen molar-refractivity contribution in [3.63, 3.8) is 0 Å². The fourth-order valence-electron chi connectivity index (χ4n) is 1.42. The molecule has 7 heteroatoms. The molecule has 1 rings (SSSR count). The lowest BCUT2D eigenvalue weighted by Crippen LogP contribution is -2.31. The summed E-state index contributed by atoms with van der Waals surface area (Å²) in [5, 5.41) is 10.9. The van der Waals surface area contributed by atoms with Crippen LogP contribution >= 0.6 is 11.6 Å². The van der Waals surface area contributed by atoms with E-state index < -0.39 is 10.8 Å². The number of nitro groups is 1. The highest BCUT2D eigenvalue weighted by Gasteiger charge is 2.24. The fraction of sp³-hybridized carbons (Fsp3) is 0.273. The third-order valence-corrected chi connectivity index (χ3v) is 2.50. The van der Waals surface area contributed by atoms with Gasteiger partial charge in [-0.25, -0.2) is 4.98 Å². The van der Waals surface area contributed by atoms with Crippen molar-refractivity contribution >= 4 is 23.2 Å². The van der Waals surface area contributed by atoms with Gasteiger partial charge in [0, 0.05) is 13.1 Å². The number of carbonyl (C=O) groups is 1. The number of carbonyl (C=O) groups excluding carboxylic acids is 1. The first-order valence-electron chi connectivity index (χ1n) is 5.21. The average Bonchev–Trinajstić information content (AvgIpc) is 2.34. The predicted octanol–water partition coefficient (Wildman–Crippen LogP) is 2.29. The Bertz CT molecular complexity index is 490. The Balaban J connectivity index is 3.21. The number of likely N-dealkylation sites (N-methyl/N-ethyl adjacent to an activating group) is 1. The van der Waals surface area contributed by atoms with Gasteiger partial charge in [-0.1, -0.05) is 17.7 Å². The molecule has 1 heterocycles. The summed E-state index contributed by atoms with van der Waals surface area (Å²) in [6.07, 6.45) is 2.54. The second kappa shape index (κ2) is 6.11. The molecule has 1 aromatic heterocycles. The van der Waals surface area contributed by atoms with E-state index in [-0.39, 0.29) is 16.4 Å². The van der Waals surface area contributed by atoms with Crippen LogP contribution in [0.2, 0.25) is 5.15 Å². The normalized spacial score (nSPS) is 9.89. The van der Waals surface area contributed by atoms with Gasteiger partial charge in [0.2, 0.25) is 0 Å². The fourth-order valence-corrected chi connectivity index (χ4v) is 1.58. The standard InChI is InChI=1S/C11H12ClN3O3/c1-3-5-14(4-2)11(16)8-6-10(12)13-7-9(8)15(17)18/h3,6-7H,1,4-5H2,2H3. The summed E-state index contributed by atoms with van der Waals surface area (Å²) in [4.78, 5) is 27.3. The molecule has 0 unspecified atom stereocenters. The molecule has 0 fully saturated rings. The second-order valence-corrected chi connectivity index (χ2v) is 3.80. The summed E-state index contributed by atoms with van der Waals surface area (Å²) in [6.45, 7) is 6.04. The van der Waals surface area contributed by atoms with Crippen LogP contribution in [0, 0.1) is 10.1 Å². The lowest BCUT2D eigenvalue weighted by molar-refractivity contribution is -0.385. The first kappa shape index (κ1) is 14.1. The Labute approximate surface area is 109 Å². The van der Waals surface area contributed by atoms with Crippen LogP contribution in [-0.2, 0) is 0 Å². The van der Waals surface area contributed by atoms with E-state index in [9.17, 15) is 14.9 Å². The molecule has 18 heavy (non-hydrogen) atoms. The molecule has 0 aliphatic carbocycles. The van der Waals surface area contributed by atoms with Crippen molar-refractivity contribution in [2.24, 2.45) is 0 Å². The van der Waals surface area contributed by atoms with Gasteiger partial charge in [0.25, 0.3) is 11.6 Å². The number of rotatable bonds is 5. The van der Waals surface area contributed by atoms with Gasteiger partial charge < -0.3 is 4.90 Å². The van der Waals surface area contributed by atoms with Crippen LogP contribution in [0.15, 0.2) is 24.9 Å². The number of nitrogens with zero attached hydrogens (tertiary/aromatic N) is 3. The predicted molar refractivity (Wildman–Crippen MR) is 67.7 cm³/mol. The van der Waals surface area contributed by atoms with E-state index in [0.29, 0.717) is 13.1 Å². The zero-order valence-electron chi connectivity index (χ0n) is 9.80. The van der Waals surface area contributed by atoms with Crippen molar-refractivity contribution in [1.82, 2.24) is 9.88 Å². The molecule has 0 atom stereocenters. The van der Waals surface area contributed by atoms with Crippen molar-refractivity contribution in [1.29, 1.82) is 0 Å². The number of hydrogen-bond donors (Lipinski definition) is 0. The lowest BCUT2D eigenvalue weighted by Gasteiger charge is -2.18. The first-order chi connectivity index (χ1) is 8.51. The first-order valence-corrected chi connectivity index (χ1v) is 5.59. The molecule has 0 bridgehead atoms. The topological polar surface area (TPSA) is 76.3 Å². The molecule has 1 amide bonds. The Morgan fingerprint density at radius 3 is 2.89 bits per heavy atom. The summed E-state index contributed by atoms with van der Waals surface area (Å²) < 4.78 is 0. The second-order valence-electron chi connectivity index (χ2n) is 3.41. The van der Waals surface area contributed by atoms with Crippen molar-refractivity contribution in [3.8, 4) is 0 Å². The monoisotopic (exact) mass is 269 g/mol. The van der Waals surface area contributed by atoms with Gasteiger partial charge in [-0.2, -0.15) is 0 Å². The van der Waals surface area contributed by atoms with Gasteiger partial charge in [-0.05, 0) is 13.0 Å². The van der Waals surface area contributed by atoms with E-state index in [1.807, 2.05) is 0 Å². The van der Waals surface area contributed by atoms with Crippen molar-refractivity contribution < 1.29 is 9.72 Å². The molecule has 0 aliphatic rings. The number of halogens is 1. The maximum Gasteiger partial charge on any atom is 0.300 e. The van der Waals surface area contributed by atoms with Crippen LogP contribution in [-0.4, -0.2) is 33.8 Å². The highest BCUT2D eigenvalue weighted by molar-refractivity contribution is 6.29. The SMILES string of the molecule is C=CCN(CC)C(=O)c1cc(Cl)ncc1[N+](=O)[O-]. The maximum atomic E-state index is 12.1. The van der Waals surface area contributed by atoms with Gasteiger partial charge in [0.1, 0.15) is 16.9 Å². The van der Waals surface area contributed by atoms with E-state index in [2.05, 4.69) is 11.6 Å². The Morgan fingerprint density at radius 1 is 1.72 bits per heavy atom. The third kappa shape index (κ3) is 3.04. The van der Waals surface area contributed by atoms with Gasteiger partial charge >= 0.3 is 0 Å². The minimum atomic E-state index is -0.654. The molecule has 0 saturated carbocycles. The number of hydrogen-bond acceptors (Lipinski definition) is 4. The number of pyridine rings is 1. The van der Waals surface area contributed by atoms with Gasteiger partial charge in [-0.15, -0.1) is 6.58 Å². The molecule has 0 saturated heterocycles. The Kier molecular flexibility index (Phi) is 4.79. The largest absolute Gasteiger partial charge is 0.335 e. The van der Waals surface area contributed by atoms with E-state index in [1.54, 1.807) is 13.0 Å². The van der Waals surface area contributed by atoms with Crippen LogP contribution < -0.4 is 0 Å². The van der Waals surface area contributed by atoms with E-state index in [0.717, 1.165) is 6.20 Å². The lowest BCUT2D eigenvalue weighted by atomic mass is 10.2. The van der Waals surface area contributed by atoms with Crippen molar-refractivity contribution in [2.75, 3.05) is 13.1 Å². The van der Waals surface area contributed by atoms with Gasteiger partial charge in [0.05, 0.1) is 4.92 Å². The molecular weight excluding hydrogens is 258 g/mol. The highest BCUT2D eigenvalue weighted by atomic mass is 35.5. The molecule has 6 nitrogen and oxygen atoms in total. The van der Waals surface area contributed by atoms with Crippen LogP contribution in [0.25, 0.3) is 0 Å². The summed E-state index contributed by atoms with van der Waals surface area (Å²) in [5.41, 5.74) is -0.421. The molecule has 0 aliphatic heterocycles. The molecule has 0 spiro atoms. The molecule has 0 N–H and O–H groups in total.